The van der Waals surface area contributed by atoms with Crippen molar-refractivity contribution in [2.45, 2.75) is 74.0 Å². The topological polar surface area (TPSA) is 3.24 Å². The summed E-state index contributed by atoms with van der Waals surface area (Å²) in [6, 6.07) is 23.8. The van der Waals surface area contributed by atoms with E-state index in [2.05, 4.69) is 168 Å². The smallest absolute Gasteiger partial charge is 0.0550 e. The van der Waals surface area contributed by atoms with Crippen molar-refractivity contribution < 1.29 is 0 Å². The third-order valence-electron chi connectivity index (χ3n) is 13.8. The van der Waals surface area contributed by atoms with Crippen LogP contribution in [0, 0.1) is 29.1 Å². The zero-order chi connectivity index (χ0) is 34.2. The maximum absolute atomic E-state index is 2.80. The molecule has 0 saturated carbocycles. The fourth-order valence-electron chi connectivity index (χ4n) is 12.0. The SMILES string of the molecule is C1=CC2SC3C=CCC(C4=CCC5C(=C4)C4C=CCCC4N5c4ccccc4)C3C3(C4=CCCC=C4SC4=C3CCC=C4)C2C(c2ccccc2)=C1. The van der Waals surface area contributed by atoms with Crippen LogP contribution < -0.4 is 4.90 Å². The van der Waals surface area contributed by atoms with Crippen molar-refractivity contribution in [1.29, 1.82) is 0 Å². The molecule has 0 aromatic heterocycles. The van der Waals surface area contributed by atoms with Crippen LogP contribution in [0.15, 0.2) is 172 Å². The third-order valence-corrected chi connectivity index (χ3v) is 16.5. The average Bonchev–Trinajstić information content (AvgIpc) is 3.54. The summed E-state index contributed by atoms with van der Waals surface area (Å²) in [7, 11) is 0. The highest BCUT2D eigenvalue weighted by Crippen LogP contribution is 2.73. The lowest BCUT2D eigenvalue weighted by atomic mass is 9.47. The molecule has 2 saturated heterocycles. The van der Waals surface area contributed by atoms with Gasteiger partial charge in [0.05, 0.1) is 6.04 Å². The molecule has 2 aromatic rings. The highest BCUT2D eigenvalue weighted by Gasteiger charge is 2.64. The number of nitrogens with zero attached hydrogens (tertiary/aromatic N) is 1. The van der Waals surface area contributed by atoms with Gasteiger partial charge >= 0.3 is 0 Å². The van der Waals surface area contributed by atoms with E-state index in [-0.39, 0.29) is 5.41 Å². The van der Waals surface area contributed by atoms with Crippen LogP contribution in [-0.4, -0.2) is 22.6 Å². The molecule has 6 aliphatic carbocycles. The van der Waals surface area contributed by atoms with Crippen LogP contribution in [-0.2, 0) is 0 Å². The van der Waals surface area contributed by atoms with Crippen LogP contribution in [0.3, 0.4) is 0 Å². The van der Waals surface area contributed by atoms with Crippen molar-refractivity contribution in [2.75, 3.05) is 4.90 Å². The lowest BCUT2D eigenvalue weighted by Crippen LogP contribution is -2.58. The first-order chi connectivity index (χ1) is 25.8. The Balaban J connectivity index is 1.10. The van der Waals surface area contributed by atoms with E-state index in [0.29, 0.717) is 46.3 Å². The normalized spacial score (nSPS) is 36.7. The number of allylic oxidation sites excluding steroid dienone is 13. The number of thioether (sulfide) groups is 2. The van der Waals surface area contributed by atoms with Crippen molar-refractivity contribution in [3.05, 3.63) is 177 Å². The van der Waals surface area contributed by atoms with Gasteiger partial charge in [-0.25, -0.2) is 0 Å². The van der Waals surface area contributed by atoms with E-state index in [4.69, 9.17) is 0 Å². The first-order valence-electron chi connectivity index (χ1n) is 20.0. The second kappa shape index (κ2) is 12.7. The van der Waals surface area contributed by atoms with E-state index >= 15 is 0 Å². The summed E-state index contributed by atoms with van der Waals surface area (Å²) >= 11 is 4.36. The summed E-state index contributed by atoms with van der Waals surface area (Å²) in [6.45, 7) is 0. The molecule has 0 radical (unpaired) electrons. The molecular weight excluding hydrogens is 667 g/mol. The highest BCUT2D eigenvalue weighted by atomic mass is 32.2. The molecule has 2 fully saturated rings. The Labute approximate surface area is 318 Å². The minimum atomic E-state index is -0.0603. The first kappa shape index (κ1) is 31.8. The van der Waals surface area contributed by atoms with Crippen molar-refractivity contribution in [3.8, 4) is 0 Å². The number of hydrogen-bond donors (Lipinski definition) is 0. The molecule has 9 aliphatic rings. The number of anilines is 1. The molecule has 3 heteroatoms. The van der Waals surface area contributed by atoms with Gasteiger partial charge in [0.2, 0.25) is 0 Å². The van der Waals surface area contributed by atoms with Crippen LogP contribution in [0.2, 0.25) is 0 Å². The second-order valence-corrected chi connectivity index (χ2v) is 18.6. The highest BCUT2D eigenvalue weighted by molar-refractivity contribution is 8.07. The van der Waals surface area contributed by atoms with Gasteiger partial charge in [0.15, 0.2) is 0 Å². The molecule has 3 heterocycles. The molecule has 1 nitrogen and oxygen atoms in total. The molecule has 1 spiro atoms. The lowest BCUT2D eigenvalue weighted by molar-refractivity contribution is 0.138. The van der Waals surface area contributed by atoms with Gasteiger partial charge in [0.25, 0.3) is 0 Å². The minimum Gasteiger partial charge on any atom is -0.361 e. The van der Waals surface area contributed by atoms with Gasteiger partial charge < -0.3 is 4.90 Å². The standard InChI is InChI=1S/C49H47NS2/c1-3-15-32(16-4-1)35-20-13-27-45-47(35)49(39-22-8-11-25-43(39)51-44-26-12-9-23-40(44)49)48-36(21-14-28-46(48)52-45)33-29-30-42-38(31-33)37-19-7-10-24-41(37)50(42)34-17-5-2-6-18-34/h1-7,11,13-20,23,25-29,31,36-37,41-42,45-48H,8-10,12,21-22,24,30H2. The molecule has 11 rings (SSSR count). The monoisotopic (exact) mass is 713 g/mol. The average molecular weight is 714 g/mol. The number of benzene rings is 2. The zero-order valence-corrected chi connectivity index (χ0v) is 31.5. The van der Waals surface area contributed by atoms with Crippen LogP contribution >= 0.6 is 23.5 Å². The Morgan fingerprint density at radius 1 is 0.769 bits per heavy atom. The molecule has 0 N–H and O–H groups in total. The molecule has 9 unspecified atom stereocenters. The van der Waals surface area contributed by atoms with Crippen molar-refractivity contribution in [1.82, 2.24) is 0 Å². The molecule has 3 aliphatic heterocycles. The second-order valence-electron chi connectivity index (χ2n) is 16.2. The van der Waals surface area contributed by atoms with Gasteiger partial charge in [-0.1, -0.05) is 139 Å². The van der Waals surface area contributed by atoms with E-state index in [1.807, 2.05) is 0 Å². The Bertz CT molecular complexity index is 2100. The predicted molar refractivity (Wildman–Crippen MR) is 223 cm³/mol. The fourth-order valence-corrected chi connectivity index (χ4v) is 15.2. The summed E-state index contributed by atoms with van der Waals surface area (Å²) in [6.07, 6.45) is 42.8. The van der Waals surface area contributed by atoms with Gasteiger partial charge in [0.1, 0.15) is 0 Å². The Morgan fingerprint density at radius 2 is 1.63 bits per heavy atom. The fraction of sp³-hybridized carbons (Fsp3) is 0.347. The van der Waals surface area contributed by atoms with Crippen LogP contribution in [0.1, 0.15) is 56.9 Å². The van der Waals surface area contributed by atoms with Crippen molar-refractivity contribution in [3.63, 3.8) is 0 Å². The molecule has 9 atom stereocenters. The van der Waals surface area contributed by atoms with Crippen LogP contribution in [0.5, 0.6) is 0 Å². The summed E-state index contributed by atoms with van der Waals surface area (Å²) < 4.78 is 0. The molecule has 260 valence electrons. The van der Waals surface area contributed by atoms with Crippen molar-refractivity contribution in [2.24, 2.45) is 29.1 Å². The van der Waals surface area contributed by atoms with E-state index < -0.39 is 0 Å². The maximum Gasteiger partial charge on any atom is 0.0550 e. The summed E-state index contributed by atoms with van der Waals surface area (Å²) in [5.74, 6) is 1.85. The van der Waals surface area contributed by atoms with Gasteiger partial charge in [-0.15, -0.1) is 11.8 Å². The number of rotatable bonds is 3. The Kier molecular flexibility index (Phi) is 7.80. The molecule has 0 amide bonds. The number of fused-ring (bicyclic) bond motifs is 10. The van der Waals surface area contributed by atoms with E-state index in [0.717, 1.165) is 32.1 Å². The quantitative estimate of drug-likeness (QED) is 0.292. The molecule has 52 heavy (non-hydrogen) atoms. The lowest BCUT2D eigenvalue weighted by Gasteiger charge is -2.63. The number of hydrogen-bond acceptors (Lipinski definition) is 3. The van der Waals surface area contributed by atoms with Gasteiger partial charge in [-0.05, 0) is 109 Å². The Hall–Kier alpha value is -3.66. The van der Waals surface area contributed by atoms with E-state index in [9.17, 15) is 0 Å². The van der Waals surface area contributed by atoms with Crippen LogP contribution in [0.25, 0.3) is 5.57 Å². The minimum absolute atomic E-state index is 0.0603. The van der Waals surface area contributed by atoms with Crippen molar-refractivity contribution >= 4 is 34.8 Å². The summed E-state index contributed by atoms with van der Waals surface area (Å²) in [5, 5.41) is 0.900. The van der Waals surface area contributed by atoms with E-state index in [1.54, 1.807) is 37.7 Å². The predicted octanol–water partition coefficient (Wildman–Crippen LogP) is 12.4. The molecular formula is C49H47NS2. The molecule has 2 aromatic carbocycles. The Morgan fingerprint density at radius 3 is 2.54 bits per heavy atom. The molecule has 0 bridgehead atoms. The van der Waals surface area contributed by atoms with Gasteiger partial charge in [-0.2, -0.15) is 0 Å². The summed E-state index contributed by atoms with van der Waals surface area (Å²) in [5.41, 5.74) is 11.0. The third kappa shape index (κ3) is 4.70. The number of para-hydroxylation sites is 1. The summed E-state index contributed by atoms with van der Waals surface area (Å²) in [4.78, 5) is 5.91. The van der Waals surface area contributed by atoms with E-state index in [1.165, 1.54) is 30.5 Å². The van der Waals surface area contributed by atoms with Gasteiger partial charge in [0, 0.05) is 49.3 Å². The van der Waals surface area contributed by atoms with Gasteiger partial charge in [-0.3, -0.25) is 0 Å². The first-order valence-corrected chi connectivity index (χ1v) is 21.7. The zero-order valence-electron chi connectivity index (χ0n) is 29.8. The largest absolute Gasteiger partial charge is 0.361 e. The maximum atomic E-state index is 2.80. The van der Waals surface area contributed by atoms with Crippen LogP contribution in [0.4, 0.5) is 5.69 Å².